The Hall–Kier alpha value is -3.95. The molecule has 3 nitrogen and oxygen atoms in total. The molecule has 1 aliphatic rings. The monoisotopic (exact) mass is 471 g/mol. The van der Waals surface area contributed by atoms with Crippen LogP contribution in [0.1, 0.15) is 25.0 Å². The Balaban J connectivity index is 1.55. The predicted molar refractivity (Wildman–Crippen MR) is 144 cm³/mol. The fourth-order valence-corrected chi connectivity index (χ4v) is 5.94. The van der Waals surface area contributed by atoms with Gasteiger partial charge in [-0.1, -0.05) is 86.6 Å². The molecule has 0 unspecified atom stereocenters. The van der Waals surface area contributed by atoms with E-state index in [2.05, 4.69) is 120 Å². The molecule has 0 spiro atoms. The second-order valence-corrected chi connectivity index (χ2v) is 9.99. The van der Waals surface area contributed by atoms with Gasteiger partial charge in [-0.15, -0.1) is 0 Å². The topological polar surface area (TPSA) is 30.7 Å². The van der Waals surface area contributed by atoms with Crippen molar-refractivity contribution in [2.75, 3.05) is 0 Å². The fourth-order valence-electron chi connectivity index (χ4n) is 5.77. The summed E-state index contributed by atoms with van der Waals surface area (Å²) in [7, 11) is 0. The highest BCUT2D eigenvalue weighted by molar-refractivity contribution is 6.28. The second-order valence-electron chi connectivity index (χ2n) is 9.66. The Labute approximate surface area is 208 Å². The maximum atomic E-state index is 6.52. The summed E-state index contributed by atoms with van der Waals surface area (Å²) >= 11 is 6.52. The zero-order valence-corrected chi connectivity index (χ0v) is 20.2. The van der Waals surface area contributed by atoms with Gasteiger partial charge in [0.1, 0.15) is 0 Å². The minimum Gasteiger partial charge on any atom is -0.309 e. The standard InChI is InChI=1S/C31H22ClN3/c1-31(2)24-14-8-6-13-23(24)29-27(31)28(33-30(32)34-29)19-16-17-22-21-12-7-9-15-25(21)35(26(22)18-19)20-10-4-3-5-11-20/h3-18H,1-2H3. The van der Waals surface area contributed by atoms with E-state index in [1.165, 1.54) is 21.9 Å². The van der Waals surface area contributed by atoms with E-state index < -0.39 is 0 Å². The van der Waals surface area contributed by atoms with Crippen LogP contribution in [-0.4, -0.2) is 14.5 Å². The van der Waals surface area contributed by atoms with E-state index in [1.54, 1.807) is 0 Å². The number of halogens is 1. The lowest BCUT2D eigenvalue weighted by atomic mass is 9.81. The van der Waals surface area contributed by atoms with Gasteiger partial charge in [0.2, 0.25) is 5.28 Å². The van der Waals surface area contributed by atoms with Crippen LogP contribution in [0.15, 0.2) is 97.1 Å². The predicted octanol–water partition coefficient (Wildman–Crippen LogP) is 8.20. The minimum atomic E-state index is -0.229. The van der Waals surface area contributed by atoms with Crippen LogP contribution in [0.5, 0.6) is 0 Å². The lowest BCUT2D eigenvalue weighted by molar-refractivity contribution is 0.657. The number of rotatable bonds is 2. The molecule has 168 valence electrons. The summed E-state index contributed by atoms with van der Waals surface area (Å²) in [4.78, 5) is 9.49. The van der Waals surface area contributed by atoms with E-state index >= 15 is 0 Å². The smallest absolute Gasteiger partial charge is 0.223 e. The molecule has 0 amide bonds. The number of nitrogens with zero attached hydrogens (tertiary/aromatic N) is 3. The SMILES string of the molecule is CC1(C)c2ccccc2-c2nc(Cl)nc(-c3ccc4c5ccccc5n(-c5ccccc5)c4c3)c21. The van der Waals surface area contributed by atoms with Crippen LogP contribution >= 0.6 is 11.6 Å². The average molecular weight is 472 g/mol. The number of benzene rings is 4. The van der Waals surface area contributed by atoms with Crippen molar-refractivity contribution < 1.29 is 0 Å². The quantitative estimate of drug-likeness (QED) is 0.238. The number of hydrogen-bond donors (Lipinski definition) is 0. The number of hydrogen-bond acceptors (Lipinski definition) is 2. The molecule has 0 bridgehead atoms. The largest absolute Gasteiger partial charge is 0.309 e. The summed E-state index contributed by atoms with van der Waals surface area (Å²) in [6.45, 7) is 4.50. The third kappa shape index (κ3) is 2.85. The van der Waals surface area contributed by atoms with Gasteiger partial charge in [0, 0.05) is 38.6 Å². The highest BCUT2D eigenvalue weighted by atomic mass is 35.5. The molecular formula is C31H22ClN3. The molecule has 35 heavy (non-hydrogen) atoms. The van der Waals surface area contributed by atoms with E-state index in [-0.39, 0.29) is 10.7 Å². The molecule has 4 heteroatoms. The van der Waals surface area contributed by atoms with E-state index in [4.69, 9.17) is 16.6 Å². The molecule has 0 fully saturated rings. The van der Waals surface area contributed by atoms with Crippen molar-refractivity contribution in [2.45, 2.75) is 19.3 Å². The molecule has 4 aromatic carbocycles. The summed E-state index contributed by atoms with van der Waals surface area (Å²) in [6, 6.07) is 34.2. The Bertz CT molecular complexity index is 1780. The van der Waals surface area contributed by atoms with Crippen LogP contribution < -0.4 is 0 Å². The van der Waals surface area contributed by atoms with Gasteiger partial charge in [-0.25, -0.2) is 9.97 Å². The van der Waals surface area contributed by atoms with Crippen LogP contribution in [0.2, 0.25) is 5.28 Å². The summed E-state index contributed by atoms with van der Waals surface area (Å²) in [5.74, 6) is 0. The molecule has 0 aliphatic heterocycles. The van der Waals surface area contributed by atoms with Crippen LogP contribution in [0.3, 0.4) is 0 Å². The molecule has 6 aromatic rings. The van der Waals surface area contributed by atoms with Crippen LogP contribution in [0, 0.1) is 0 Å². The van der Waals surface area contributed by atoms with Gasteiger partial charge in [0.15, 0.2) is 0 Å². The molecule has 0 N–H and O–H groups in total. The highest BCUT2D eigenvalue weighted by Crippen LogP contribution is 2.51. The van der Waals surface area contributed by atoms with Gasteiger partial charge in [0.05, 0.1) is 22.4 Å². The van der Waals surface area contributed by atoms with Crippen molar-refractivity contribution in [1.82, 2.24) is 14.5 Å². The van der Waals surface area contributed by atoms with Crippen molar-refractivity contribution >= 4 is 33.4 Å². The van der Waals surface area contributed by atoms with Crippen molar-refractivity contribution in [3.05, 3.63) is 113 Å². The maximum Gasteiger partial charge on any atom is 0.223 e. The zero-order valence-electron chi connectivity index (χ0n) is 19.5. The first kappa shape index (κ1) is 20.4. The maximum absolute atomic E-state index is 6.52. The Morgan fingerprint density at radius 1 is 0.686 bits per heavy atom. The van der Waals surface area contributed by atoms with Crippen molar-refractivity contribution in [1.29, 1.82) is 0 Å². The van der Waals surface area contributed by atoms with Crippen molar-refractivity contribution in [3.8, 4) is 28.2 Å². The molecule has 2 aromatic heterocycles. The second kappa shape index (κ2) is 7.27. The van der Waals surface area contributed by atoms with Crippen LogP contribution in [0.25, 0.3) is 50.0 Å². The van der Waals surface area contributed by atoms with Crippen molar-refractivity contribution in [3.63, 3.8) is 0 Å². The molecule has 0 atom stereocenters. The molecule has 7 rings (SSSR count). The Morgan fingerprint density at radius 3 is 2.23 bits per heavy atom. The van der Waals surface area contributed by atoms with Gasteiger partial charge in [-0.05, 0) is 41.4 Å². The summed E-state index contributed by atoms with van der Waals surface area (Å²) in [6.07, 6.45) is 0. The van der Waals surface area contributed by atoms with Gasteiger partial charge in [0.25, 0.3) is 0 Å². The van der Waals surface area contributed by atoms with Crippen LogP contribution in [0.4, 0.5) is 0 Å². The van der Waals surface area contributed by atoms with E-state index in [0.717, 1.165) is 39.3 Å². The van der Waals surface area contributed by atoms with Gasteiger partial charge in [-0.2, -0.15) is 0 Å². The van der Waals surface area contributed by atoms with E-state index in [1.807, 2.05) is 0 Å². The minimum absolute atomic E-state index is 0.229. The third-order valence-electron chi connectivity index (χ3n) is 7.32. The molecule has 2 heterocycles. The lowest BCUT2D eigenvalue weighted by Gasteiger charge is -2.23. The van der Waals surface area contributed by atoms with Crippen molar-refractivity contribution in [2.24, 2.45) is 0 Å². The summed E-state index contributed by atoms with van der Waals surface area (Å²) < 4.78 is 2.33. The summed E-state index contributed by atoms with van der Waals surface area (Å²) in [5, 5.41) is 2.72. The zero-order chi connectivity index (χ0) is 23.7. The Kier molecular flexibility index (Phi) is 4.24. The van der Waals surface area contributed by atoms with Gasteiger partial charge < -0.3 is 4.57 Å². The van der Waals surface area contributed by atoms with Crippen LogP contribution in [-0.2, 0) is 5.41 Å². The van der Waals surface area contributed by atoms with E-state index in [0.29, 0.717) is 0 Å². The molecular weight excluding hydrogens is 450 g/mol. The van der Waals surface area contributed by atoms with E-state index in [9.17, 15) is 0 Å². The molecule has 1 aliphatic carbocycles. The lowest BCUT2D eigenvalue weighted by Crippen LogP contribution is -2.17. The normalized spacial score (nSPS) is 13.8. The highest BCUT2D eigenvalue weighted by Gasteiger charge is 2.39. The fraction of sp³-hybridized carbons (Fsp3) is 0.0968. The third-order valence-corrected chi connectivity index (χ3v) is 7.49. The molecule has 0 radical (unpaired) electrons. The Morgan fingerprint density at radius 2 is 1.37 bits per heavy atom. The molecule has 0 saturated heterocycles. The first-order valence-corrected chi connectivity index (χ1v) is 12.2. The number of fused-ring (bicyclic) bond motifs is 6. The average Bonchev–Trinajstić information content (AvgIpc) is 3.33. The molecule has 0 saturated carbocycles. The summed E-state index contributed by atoms with van der Waals surface area (Å²) in [5.41, 5.74) is 9.63. The van der Waals surface area contributed by atoms with Gasteiger partial charge in [-0.3, -0.25) is 0 Å². The first-order chi connectivity index (χ1) is 17.0. The number of para-hydroxylation sites is 2. The van der Waals surface area contributed by atoms with Gasteiger partial charge >= 0.3 is 0 Å². The number of aromatic nitrogens is 3. The first-order valence-electron chi connectivity index (χ1n) is 11.8.